The third-order valence-electron chi connectivity index (χ3n) is 4.01. The number of benzene rings is 1. The van der Waals surface area contributed by atoms with Crippen LogP contribution in [0.1, 0.15) is 19.9 Å². The number of hydrogen-bond donors (Lipinski definition) is 1. The van der Waals surface area contributed by atoms with Crippen LogP contribution >= 0.6 is 0 Å². The minimum atomic E-state index is -0.258. The van der Waals surface area contributed by atoms with Gasteiger partial charge in [-0.3, -0.25) is 9.78 Å². The molecule has 0 aliphatic heterocycles. The highest BCUT2D eigenvalue weighted by atomic mass is 16.5. The van der Waals surface area contributed by atoms with E-state index in [1.807, 2.05) is 67.2 Å². The summed E-state index contributed by atoms with van der Waals surface area (Å²) in [6.45, 7) is 4.07. The second kappa shape index (κ2) is 6.74. The van der Waals surface area contributed by atoms with Crippen LogP contribution in [0.15, 0.2) is 55.0 Å². The summed E-state index contributed by atoms with van der Waals surface area (Å²) in [6, 6.07) is 11.2. The number of fused-ring (bicyclic) bond motifs is 1. The van der Waals surface area contributed by atoms with Crippen LogP contribution in [0.3, 0.4) is 0 Å². The van der Waals surface area contributed by atoms with E-state index in [1.165, 1.54) is 0 Å². The lowest BCUT2D eigenvalue weighted by Gasteiger charge is -2.22. The van der Waals surface area contributed by atoms with E-state index in [9.17, 15) is 4.79 Å². The first kappa shape index (κ1) is 16.1. The van der Waals surface area contributed by atoms with Gasteiger partial charge >= 0.3 is 0 Å². The average molecular weight is 323 g/mol. The van der Waals surface area contributed by atoms with Gasteiger partial charge < -0.3 is 14.6 Å². The molecule has 2 aromatic heterocycles. The van der Waals surface area contributed by atoms with Crippen LogP contribution in [0, 0.1) is 5.92 Å². The maximum absolute atomic E-state index is 12.7. The van der Waals surface area contributed by atoms with Gasteiger partial charge in [-0.15, -0.1) is 0 Å². The smallest absolute Gasteiger partial charge is 0.247 e. The van der Waals surface area contributed by atoms with Crippen molar-refractivity contribution >= 4 is 22.5 Å². The summed E-state index contributed by atoms with van der Waals surface area (Å²) in [4.78, 5) is 17.1. The Morgan fingerprint density at radius 1 is 1.21 bits per heavy atom. The number of carbonyl (C=O) groups excluding carboxylic acids is 1. The van der Waals surface area contributed by atoms with Gasteiger partial charge in [0.2, 0.25) is 5.91 Å². The second-order valence-electron chi connectivity index (χ2n) is 6.09. The Kier molecular flexibility index (Phi) is 4.51. The van der Waals surface area contributed by atoms with Gasteiger partial charge in [-0.1, -0.05) is 13.8 Å². The molecule has 1 aromatic carbocycles. The number of rotatable bonds is 5. The zero-order valence-corrected chi connectivity index (χ0v) is 14.1. The molecule has 0 bridgehead atoms. The van der Waals surface area contributed by atoms with E-state index in [-0.39, 0.29) is 17.9 Å². The molecular formula is C19H21N3O2. The lowest BCUT2D eigenvalue weighted by molar-refractivity contribution is -0.120. The second-order valence-corrected chi connectivity index (χ2v) is 6.09. The summed E-state index contributed by atoms with van der Waals surface area (Å²) in [5, 5.41) is 3.93. The van der Waals surface area contributed by atoms with Crippen molar-refractivity contribution in [2.75, 3.05) is 12.4 Å². The van der Waals surface area contributed by atoms with Gasteiger partial charge in [0.25, 0.3) is 0 Å². The van der Waals surface area contributed by atoms with E-state index < -0.39 is 0 Å². The number of anilines is 1. The molecule has 1 atom stereocenters. The van der Waals surface area contributed by atoms with Crippen molar-refractivity contribution in [2.24, 2.45) is 5.92 Å². The third kappa shape index (κ3) is 3.25. The first-order valence-corrected chi connectivity index (χ1v) is 7.95. The van der Waals surface area contributed by atoms with Crippen molar-refractivity contribution in [2.45, 2.75) is 19.9 Å². The fraction of sp³-hybridized carbons (Fsp3) is 0.263. The van der Waals surface area contributed by atoms with E-state index in [2.05, 4.69) is 10.3 Å². The molecule has 0 radical (unpaired) electrons. The number of carbonyl (C=O) groups is 1. The molecule has 124 valence electrons. The predicted molar refractivity (Wildman–Crippen MR) is 95.2 cm³/mol. The molecule has 5 heteroatoms. The molecule has 3 rings (SSSR count). The molecule has 2 heterocycles. The summed E-state index contributed by atoms with van der Waals surface area (Å²) in [5.74, 6) is 0.894. The van der Waals surface area contributed by atoms with Crippen LogP contribution in [0.5, 0.6) is 5.75 Å². The first-order valence-electron chi connectivity index (χ1n) is 7.95. The fourth-order valence-electron chi connectivity index (χ4n) is 2.83. The summed E-state index contributed by atoms with van der Waals surface area (Å²) >= 11 is 0. The Bertz CT molecular complexity index is 841. The van der Waals surface area contributed by atoms with Crippen LogP contribution in [0.2, 0.25) is 0 Å². The van der Waals surface area contributed by atoms with Crippen molar-refractivity contribution in [1.82, 2.24) is 9.55 Å². The Labute approximate surface area is 141 Å². The van der Waals surface area contributed by atoms with E-state index in [0.29, 0.717) is 5.69 Å². The van der Waals surface area contributed by atoms with Crippen LogP contribution < -0.4 is 10.1 Å². The molecule has 1 amide bonds. The predicted octanol–water partition coefficient (Wildman–Crippen LogP) is 3.88. The highest BCUT2D eigenvalue weighted by Gasteiger charge is 2.23. The molecule has 0 spiro atoms. The number of aromatic nitrogens is 2. The number of hydrogen-bond acceptors (Lipinski definition) is 3. The van der Waals surface area contributed by atoms with Gasteiger partial charge in [0, 0.05) is 23.8 Å². The van der Waals surface area contributed by atoms with Crippen LogP contribution in [0.4, 0.5) is 5.69 Å². The van der Waals surface area contributed by atoms with Gasteiger partial charge in [-0.25, -0.2) is 0 Å². The summed E-state index contributed by atoms with van der Waals surface area (Å²) in [6.07, 6.45) is 5.50. The van der Waals surface area contributed by atoms with Crippen molar-refractivity contribution < 1.29 is 9.53 Å². The SMILES string of the molecule is COc1ccc2cc(NC(=O)C(C(C)C)n3cccc3)cnc2c1. The van der Waals surface area contributed by atoms with Crippen LogP contribution in [-0.4, -0.2) is 22.6 Å². The molecule has 0 fully saturated rings. The Morgan fingerprint density at radius 2 is 1.96 bits per heavy atom. The lowest BCUT2D eigenvalue weighted by Crippen LogP contribution is -2.29. The van der Waals surface area contributed by atoms with Crippen LogP contribution in [0.25, 0.3) is 10.9 Å². The zero-order valence-electron chi connectivity index (χ0n) is 14.1. The fourth-order valence-corrected chi connectivity index (χ4v) is 2.83. The molecule has 1 N–H and O–H groups in total. The molecule has 0 aliphatic carbocycles. The number of pyridine rings is 1. The number of methoxy groups -OCH3 is 1. The van der Waals surface area contributed by atoms with Crippen molar-refractivity contribution in [3.05, 3.63) is 55.0 Å². The highest BCUT2D eigenvalue weighted by Crippen LogP contribution is 2.24. The third-order valence-corrected chi connectivity index (χ3v) is 4.01. The van der Waals surface area contributed by atoms with Gasteiger partial charge in [0.05, 0.1) is 24.5 Å². The lowest BCUT2D eigenvalue weighted by atomic mass is 10.0. The monoisotopic (exact) mass is 323 g/mol. The number of ether oxygens (including phenoxy) is 1. The Balaban J connectivity index is 1.84. The summed E-state index contributed by atoms with van der Waals surface area (Å²) in [7, 11) is 1.63. The maximum Gasteiger partial charge on any atom is 0.247 e. The quantitative estimate of drug-likeness (QED) is 0.775. The van der Waals surface area contributed by atoms with Crippen molar-refractivity contribution in [3.8, 4) is 5.75 Å². The Morgan fingerprint density at radius 3 is 2.62 bits per heavy atom. The normalized spacial score (nSPS) is 12.3. The maximum atomic E-state index is 12.7. The van der Waals surface area contributed by atoms with Gasteiger partial charge in [-0.2, -0.15) is 0 Å². The van der Waals surface area contributed by atoms with Crippen molar-refractivity contribution in [3.63, 3.8) is 0 Å². The minimum absolute atomic E-state index is 0.0455. The first-order chi connectivity index (χ1) is 11.6. The summed E-state index contributed by atoms with van der Waals surface area (Å²) < 4.78 is 7.13. The molecule has 0 aliphatic rings. The summed E-state index contributed by atoms with van der Waals surface area (Å²) in [5.41, 5.74) is 1.52. The molecule has 0 saturated carbocycles. The minimum Gasteiger partial charge on any atom is -0.497 e. The van der Waals surface area contributed by atoms with E-state index in [0.717, 1.165) is 16.7 Å². The van der Waals surface area contributed by atoms with E-state index >= 15 is 0 Å². The largest absolute Gasteiger partial charge is 0.497 e. The highest BCUT2D eigenvalue weighted by molar-refractivity contribution is 5.95. The number of nitrogens with one attached hydrogen (secondary N) is 1. The molecule has 5 nitrogen and oxygen atoms in total. The number of nitrogens with zero attached hydrogens (tertiary/aromatic N) is 2. The molecular weight excluding hydrogens is 302 g/mol. The van der Waals surface area contributed by atoms with Crippen LogP contribution in [-0.2, 0) is 4.79 Å². The van der Waals surface area contributed by atoms with Gasteiger partial charge in [-0.05, 0) is 36.2 Å². The Hall–Kier alpha value is -2.82. The number of amides is 1. The van der Waals surface area contributed by atoms with E-state index in [1.54, 1.807) is 13.3 Å². The average Bonchev–Trinajstić information content (AvgIpc) is 3.08. The molecule has 1 unspecified atom stereocenters. The zero-order chi connectivity index (χ0) is 17.1. The van der Waals surface area contributed by atoms with Gasteiger partial charge in [0.15, 0.2) is 0 Å². The molecule has 3 aromatic rings. The van der Waals surface area contributed by atoms with E-state index in [4.69, 9.17) is 4.74 Å². The topological polar surface area (TPSA) is 56.1 Å². The molecule has 24 heavy (non-hydrogen) atoms. The van der Waals surface area contributed by atoms with Crippen molar-refractivity contribution in [1.29, 1.82) is 0 Å². The van der Waals surface area contributed by atoms with Gasteiger partial charge in [0.1, 0.15) is 11.8 Å². The molecule has 0 saturated heterocycles. The standard InChI is InChI=1S/C19H21N3O2/c1-13(2)18(22-8-4-5-9-22)19(23)21-15-10-14-6-7-16(24-3)11-17(14)20-12-15/h4-13,18H,1-3H3,(H,21,23).